The second kappa shape index (κ2) is 7.74. The smallest absolute Gasteiger partial charge is 0.411 e. The Hall–Kier alpha value is -2.60. The van der Waals surface area contributed by atoms with Gasteiger partial charge in [-0.1, -0.05) is 54.1 Å². The zero-order chi connectivity index (χ0) is 18.7. The molecular weight excluding hydrogens is 361 g/mol. The third-order valence-electron chi connectivity index (χ3n) is 4.14. The van der Waals surface area contributed by atoms with Gasteiger partial charge < -0.3 is 9.84 Å². The molecule has 0 bridgehead atoms. The van der Waals surface area contributed by atoms with E-state index < -0.39 is 23.9 Å². The zero-order valence-corrected chi connectivity index (χ0v) is 14.5. The number of carbonyl (C=O) groups is 2. The summed E-state index contributed by atoms with van der Waals surface area (Å²) < 4.78 is 19.7. The third kappa shape index (κ3) is 3.96. The third-order valence-corrected chi connectivity index (χ3v) is 4.44. The molecule has 1 N–H and O–H groups in total. The monoisotopic (exact) mass is 377 g/mol. The predicted molar refractivity (Wildman–Crippen MR) is 93.3 cm³/mol. The molecule has 136 valence electrons. The molecule has 2 aromatic rings. The standard InChI is InChI=1S/C19H17ClFNO4/c20-15-8-4-7-14(16(15)21)17(18(23)24)22(13-9-10-13)19(25)26-11-12-5-2-1-3-6-12/h1-8,13,17H,9-11H2,(H,23,24). The molecule has 1 unspecified atom stereocenters. The van der Waals surface area contributed by atoms with E-state index in [0.717, 1.165) is 10.5 Å². The number of amides is 1. The summed E-state index contributed by atoms with van der Waals surface area (Å²) in [7, 11) is 0. The van der Waals surface area contributed by atoms with Crippen molar-refractivity contribution in [3.8, 4) is 0 Å². The first kappa shape index (κ1) is 18.2. The number of ether oxygens (including phenoxy) is 1. The lowest BCUT2D eigenvalue weighted by molar-refractivity contribution is -0.143. The molecule has 26 heavy (non-hydrogen) atoms. The van der Waals surface area contributed by atoms with E-state index in [1.807, 2.05) is 18.2 Å². The quantitative estimate of drug-likeness (QED) is 0.809. The number of rotatable bonds is 6. The Morgan fingerprint density at radius 2 is 1.88 bits per heavy atom. The van der Waals surface area contributed by atoms with Gasteiger partial charge in [-0.2, -0.15) is 0 Å². The summed E-state index contributed by atoms with van der Waals surface area (Å²) in [5, 5.41) is 9.47. The van der Waals surface area contributed by atoms with Crippen LogP contribution < -0.4 is 0 Å². The highest BCUT2D eigenvalue weighted by molar-refractivity contribution is 6.30. The van der Waals surface area contributed by atoms with Crippen molar-refractivity contribution in [2.24, 2.45) is 0 Å². The highest BCUT2D eigenvalue weighted by atomic mass is 35.5. The lowest BCUT2D eigenvalue weighted by Gasteiger charge is -2.29. The number of benzene rings is 2. The normalized spacial score (nSPS) is 14.5. The highest BCUT2D eigenvalue weighted by Crippen LogP contribution is 2.37. The van der Waals surface area contributed by atoms with E-state index in [2.05, 4.69) is 0 Å². The van der Waals surface area contributed by atoms with Crippen molar-refractivity contribution in [2.45, 2.75) is 31.5 Å². The van der Waals surface area contributed by atoms with Crippen LogP contribution in [0.3, 0.4) is 0 Å². The van der Waals surface area contributed by atoms with E-state index in [4.69, 9.17) is 16.3 Å². The van der Waals surface area contributed by atoms with Gasteiger partial charge in [-0.25, -0.2) is 14.0 Å². The van der Waals surface area contributed by atoms with Crippen molar-refractivity contribution in [1.29, 1.82) is 0 Å². The van der Waals surface area contributed by atoms with E-state index in [0.29, 0.717) is 12.8 Å². The van der Waals surface area contributed by atoms with Gasteiger partial charge >= 0.3 is 12.1 Å². The van der Waals surface area contributed by atoms with E-state index in [1.165, 1.54) is 18.2 Å². The van der Waals surface area contributed by atoms with Crippen LogP contribution in [0.2, 0.25) is 5.02 Å². The van der Waals surface area contributed by atoms with Crippen LogP contribution in [-0.2, 0) is 16.1 Å². The average molecular weight is 378 g/mol. The zero-order valence-electron chi connectivity index (χ0n) is 13.8. The van der Waals surface area contributed by atoms with Crippen LogP contribution in [0.5, 0.6) is 0 Å². The minimum atomic E-state index is -1.50. The highest BCUT2D eigenvalue weighted by Gasteiger charge is 2.43. The maximum atomic E-state index is 14.4. The molecule has 0 aliphatic heterocycles. The number of hydrogen-bond acceptors (Lipinski definition) is 3. The molecule has 0 aromatic heterocycles. The molecule has 1 saturated carbocycles. The second-order valence-corrected chi connectivity index (χ2v) is 6.47. The van der Waals surface area contributed by atoms with Gasteiger partial charge in [-0.3, -0.25) is 4.90 Å². The van der Waals surface area contributed by atoms with Crippen LogP contribution in [-0.4, -0.2) is 28.1 Å². The Bertz CT molecular complexity index is 810. The summed E-state index contributed by atoms with van der Waals surface area (Å²) in [5.41, 5.74) is 0.617. The van der Waals surface area contributed by atoms with Gasteiger partial charge in [0.25, 0.3) is 0 Å². The summed E-state index contributed by atoms with van der Waals surface area (Å²) in [6.07, 6.45) is 0.502. The Morgan fingerprint density at radius 3 is 2.50 bits per heavy atom. The van der Waals surface area contributed by atoms with E-state index in [-0.39, 0.29) is 23.2 Å². The van der Waals surface area contributed by atoms with Crippen molar-refractivity contribution in [3.05, 3.63) is 70.5 Å². The van der Waals surface area contributed by atoms with Crippen LogP contribution in [0.15, 0.2) is 48.5 Å². The van der Waals surface area contributed by atoms with E-state index in [9.17, 15) is 19.1 Å². The molecule has 0 saturated heterocycles. The lowest BCUT2D eigenvalue weighted by atomic mass is 10.0. The number of carbonyl (C=O) groups excluding carboxylic acids is 1. The average Bonchev–Trinajstić information content (AvgIpc) is 3.46. The maximum Gasteiger partial charge on any atom is 0.411 e. The molecule has 1 fully saturated rings. The molecule has 1 aliphatic carbocycles. The van der Waals surface area contributed by atoms with Crippen LogP contribution in [0.1, 0.15) is 30.0 Å². The lowest BCUT2D eigenvalue weighted by Crippen LogP contribution is -2.41. The summed E-state index contributed by atoms with van der Waals surface area (Å²) in [4.78, 5) is 25.6. The van der Waals surface area contributed by atoms with Crippen molar-refractivity contribution < 1.29 is 23.8 Å². The minimum absolute atomic E-state index is 0.00720. The number of aliphatic carboxylic acids is 1. The van der Waals surface area contributed by atoms with Gasteiger partial charge in [0.2, 0.25) is 0 Å². The number of halogens is 2. The molecule has 1 aliphatic rings. The van der Waals surface area contributed by atoms with Crippen molar-refractivity contribution in [3.63, 3.8) is 0 Å². The van der Waals surface area contributed by atoms with E-state index >= 15 is 0 Å². The van der Waals surface area contributed by atoms with Crippen LogP contribution in [0.25, 0.3) is 0 Å². The van der Waals surface area contributed by atoms with Gasteiger partial charge in [0, 0.05) is 11.6 Å². The Kier molecular flexibility index (Phi) is 5.42. The van der Waals surface area contributed by atoms with Crippen molar-refractivity contribution in [1.82, 2.24) is 4.90 Å². The second-order valence-electron chi connectivity index (χ2n) is 6.06. The summed E-state index contributed by atoms with van der Waals surface area (Å²) >= 11 is 5.78. The summed E-state index contributed by atoms with van der Waals surface area (Å²) in [6, 6.07) is 11.4. The minimum Gasteiger partial charge on any atom is -0.479 e. The van der Waals surface area contributed by atoms with Crippen LogP contribution in [0, 0.1) is 5.82 Å². The van der Waals surface area contributed by atoms with Crippen LogP contribution in [0.4, 0.5) is 9.18 Å². The van der Waals surface area contributed by atoms with Crippen LogP contribution >= 0.6 is 11.6 Å². The van der Waals surface area contributed by atoms with Crippen molar-refractivity contribution in [2.75, 3.05) is 0 Å². The number of nitrogens with zero attached hydrogens (tertiary/aromatic N) is 1. The first-order valence-electron chi connectivity index (χ1n) is 8.14. The van der Waals surface area contributed by atoms with Crippen molar-refractivity contribution >= 4 is 23.7 Å². The number of carboxylic acids is 1. The van der Waals surface area contributed by atoms with Gasteiger partial charge in [-0.15, -0.1) is 0 Å². The first-order chi connectivity index (χ1) is 12.5. The molecule has 2 aromatic carbocycles. The summed E-state index contributed by atoms with van der Waals surface area (Å²) in [5.74, 6) is -2.18. The molecular formula is C19H17ClFNO4. The van der Waals surface area contributed by atoms with Gasteiger partial charge in [0.15, 0.2) is 6.04 Å². The molecule has 5 nitrogen and oxygen atoms in total. The molecule has 1 atom stereocenters. The fraction of sp³-hybridized carbons (Fsp3) is 0.263. The Labute approximate surface area is 154 Å². The largest absolute Gasteiger partial charge is 0.479 e. The SMILES string of the molecule is O=C(O)C(c1cccc(Cl)c1F)N(C(=O)OCc1ccccc1)C1CC1. The van der Waals surface area contributed by atoms with Gasteiger partial charge in [0.05, 0.1) is 5.02 Å². The number of carboxylic acid groups (broad SMARTS) is 1. The fourth-order valence-electron chi connectivity index (χ4n) is 2.75. The molecule has 1 amide bonds. The number of hydrogen-bond donors (Lipinski definition) is 1. The topological polar surface area (TPSA) is 66.8 Å². The van der Waals surface area contributed by atoms with E-state index in [1.54, 1.807) is 12.1 Å². The molecule has 0 radical (unpaired) electrons. The van der Waals surface area contributed by atoms with Gasteiger partial charge in [-0.05, 0) is 24.5 Å². The maximum absolute atomic E-state index is 14.4. The predicted octanol–water partition coefficient (Wildman–Crippen LogP) is 4.41. The fourth-order valence-corrected chi connectivity index (χ4v) is 2.93. The molecule has 0 heterocycles. The summed E-state index contributed by atoms with van der Waals surface area (Å²) in [6.45, 7) is 0.00720. The molecule has 7 heteroatoms. The van der Waals surface area contributed by atoms with Gasteiger partial charge in [0.1, 0.15) is 12.4 Å². The molecule has 0 spiro atoms. The first-order valence-corrected chi connectivity index (χ1v) is 8.52. The Morgan fingerprint density at radius 1 is 1.19 bits per heavy atom. The molecule has 3 rings (SSSR count). The Balaban J connectivity index is 1.85.